The van der Waals surface area contributed by atoms with E-state index in [0.29, 0.717) is 11.3 Å². The van der Waals surface area contributed by atoms with Crippen molar-refractivity contribution in [3.63, 3.8) is 0 Å². The zero-order valence-corrected chi connectivity index (χ0v) is 24.5. The summed E-state index contributed by atoms with van der Waals surface area (Å²) in [5.41, 5.74) is 0.0748. The van der Waals surface area contributed by atoms with Gasteiger partial charge in [0.25, 0.3) is 17.5 Å². The minimum absolute atomic E-state index is 0.0507. The molecule has 0 radical (unpaired) electrons. The number of nitrogens with one attached hydrogen (secondary N) is 2. The van der Waals surface area contributed by atoms with Crippen molar-refractivity contribution in [2.45, 2.75) is 44.3 Å². The van der Waals surface area contributed by atoms with E-state index in [1.807, 2.05) is 45.8 Å². The lowest BCUT2D eigenvalue weighted by molar-refractivity contribution is -0.662. The molecule has 0 aromatic carbocycles. The van der Waals surface area contributed by atoms with Crippen molar-refractivity contribution in [2.24, 2.45) is 5.16 Å². The standard InChI is InChI=1S/C25H26N8O7S2/c1-25(2,3)40-24(38)28-23-27-18(30-42-23)15(29-39-4)19(34)26-16-20(35)33-17(22(36)37)13(12-41-21(16)33)11-32-10-9-31-8-6-5-7-14(31)32/h5-10,16,21H,11-12H2,1-4H3,(H2-,26,27,28,30,34,36,37,38)/b29-15-/t16-,21+/m1/s1. The topological polar surface area (TPSA) is 184 Å². The molecule has 0 bridgehead atoms. The van der Waals surface area contributed by atoms with E-state index in [1.165, 1.54) is 18.9 Å². The summed E-state index contributed by atoms with van der Waals surface area (Å²) < 4.78 is 13.0. The molecular weight excluding hydrogens is 588 g/mol. The fourth-order valence-electron chi connectivity index (χ4n) is 4.42. The van der Waals surface area contributed by atoms with Crippen molar-refractivity contribution in [3.8, 4) is 0 Å². The van der Waals surface area contributed by atoms with Crippen LogP contribution in [0.4, 0.5) is 9.93 Å². The smallest absolute Gasteiger partial charge is 0.414 e. The Labute approximate surface area is 247 Å². The summed E-state index contributed by atoms with van der Waals surface area (Å²) >= 11 is 2.11. The van der Waals surface area contributed by atoms with Crippen LogP contribution in [0.5, 0.6) is 0 Å². The quantitative estimate of drug-likeness (QED) is 0.150. The van der Waals surface area contributed by atoms with Crippen LogP contribution in [0.2, 0.25) is 0 Å². The van der Waals surface area contributed by atoms with Gasteiger partial charge in [-0.15, -0.1) is 11.8 Å². The van der Waals surface area contributed by atoms with E-state index in [0.717, 1.165) is 22.1 Å². The fraction of sp³-hybridized carbons (Fsp3) is 0.360. The maximum absolute atomic E-state index is 13.2. The van der Waals surface area contributed by atoms with Gasteiger partial charge < -0.3 is 24.8 Å². The zero-order valence-electron chi connectivity index (χ0n) is 22.9. The van der Waals surface area contributed by atoms with Crippen LogP contribution in [-0.4, -0.2) is 78.1 Å². The lowest BCUT2D eigenvalue weighted by Gasteiger charge is -2.50. The Hall–Kier alpha value is -4.51. The van der Waals surface area contributed by atoms with Crippen molar-refractivity contribution in [2.75, 3.05) is 18.2 Å². The van der Waals surface area contributed by atoms with Gasteiger partial charge in [-0.3, -0.25) is 19.8 Å². The molecule has 0 aliphatic carbocycles. The van der Waals surface area contributed by atoms with Gasteiger partial charge in [-0.25, -0.2) is 13.8 Å². The number of oxime groups is 1. The number of rotatable bonds is 8. The molecule has 2 atom stereocenters. The molecule has 3 aromatic heterocycles. The summed E-state index contributed by atoms with van der Waals surface area (Å²) in [6.07, 6.45) is 4.79. The summed E-state index contributed by atoms with van der Waals surface area (Å²) in [7, 11) is 1.22. The number of ether oxygens (including phenoxy) is 1. The number of carbonyl (C=O) groups is 4. The van der Waals surface area contributed by atoms with Crippen LogP contribution < -0.4 is 20.3 Å². The summed E-state index contributed by atoms with van der Waals surface area (Å²) in [5.74, 6) is -2.76. The third-order valence-corrected chi connectivity index (χ3v) is 8.07. The van der Waals surface area contributed by atoms with Crippen molar-refractivity contribution in [1.29, 1.82) is 0 Å². The first-order chi connectivity index (χ1) is 20.0. The number of pyridine rings is 1. The Morgan fingerprint density at radius 1 is 1.26 bits per heavy atom. The number of nitrogens with zero attached hydrogens (tertiary/aromatic N) is 6. The first-order valence-corrected chi connectivity index (χ1v) is 14.4. The van der Waals surface area contributed by atoms with Gasteiger partial charge >= 0.3 is 6.09 Å². The normalized spacial score (nSPS) is 18.8. The van der Waals surface area contributed by atoms with Gasteiger partial charge in [0.1, 0.15) is 43.1 Å². The number of anilines is 1. The second-order valence-corrected chi connectivity index (χ2v) is 12.0. The molecule has 220 valence electrons. The van der Waals surface area contributed by atoms with Gasteiger partial charge in [-0.1, -0.05) is 11.2 Å². The first kappa shape index (κ1) is 29.0. The predicted molar refractivity (Wildman–Crippen MR) is 148 cm³/mol. The first-order valence-electron chi connectivity index (χ1n) is 12.6. The third kappa shape index (κ3) is 5.78. The van der Waals surface area contributed by atoms with Crippen LogP contribution >= 0.6 is 23.3 Å². The maximum Gasteiger partial charge on any atom is 0.414 e. The number of imidazole rings is 1. The molecule has 0 unspecified atom stereocenters. The number of aliphatic carboxylic acids is 1. The maximum atomic E-state index is 13.2. The number of carbonyl (C=O) groups excluding carboxylic acids is 4. The highest BCUT2D eigenvalue weighted by Crippen LogP contribution is 2.40. The predicted octanol–water partition coefficient (Wildman–Crippen LogP) is -0.120. The zero-order chi connectivity index (χ0) is 30.2. The number of thioether (sulfide) groups is 1. The van der Waals surface area contributed by atoms with E-state index in [1.54, 1.807) is 20.8 Å². The number of aromatic nitrogens is 4. The van der Waals surface area contributed by atoms with Crippen molar-refractivity contribution >= 4 is 63.7 Å². The summed E-state index contributed by atoms with van der Waals surface area (Å²) in [6, 6.07) is 4.61. The van der Waals surface area contributed by atoms with Gasteiger partial charge in [0.2, 0.25) is 16.7 Å². The molecule has 3 amide bonds. The van der Waals surface area contributed by atoms with Gasteiger partial charge in [0.05, 0.1) is 17.9 Å². The van der Waals surface area contributed by atoms with Gasteiger partial charge in [0, 0.05) is 28.9 Å². The molecule has 17 heteroatoms. The highest BCUT2D eigenvalue weighted by Gasteiger charge is 2.53. The largest absolute Gasteiger partial charge is 0.543 e. The lowest BCUT2D eigenvalue weighted by Crippen LogP contribution is -2.71. The SMILES string of the molecule is CO/N=C(\C(=O)N[C@@H]1C(=O)N2C(C(=O)[O-])=C(C[n+]3ccn4ccccc43)CS[C@@H]12)c1nsc(NC(=O)OC(C)(C)C)n1. The number of carboxylic acid groups (broad SMARTS) is 1. The van der Waals surface area contributed by atoms with Crippen molar-refractivity contribution in [3.05, 3.63) is 53.9 Å². The highest BCUT2D eigenvalue weighted by atomic mass is 32.2. The summed E-state index contributed by atoms with van der Waals surface area (Å²) in [4.78, 5) is 60.6. The van der Waals surface area contributed by atoms with E-state index in [4.69, 9.17) is 9.57 Å². The molecule has 2 N–H and O–H groups in total. The second-order valence-electron chi connectivity index (χ2n) is 10.2. The van der Waals surface area contributed by atoms with Gasteiger partial charge in [-0.2, -0.15) is 9.36 Å². The van der Waals surface area contributed by atoms with Gasteiger partial charge in [-0.05, 0) is 26.8 Å². The fourth-order valence-corrected chi connectivity index (χ4v) is 6.32. The van der Waals surface area contributed by atoms with Crippen LogP contribution in [0.25, 0.3) is 5.65 Å². The Bertz CT molecular complexity index is 1640. The Balaban J connectivity index is 1.30. The minimum Gasteiger partial charge on any atom is -0.543 e. The Morgan fingerprint density at radius 2 is 2.05 bits per heavy atom. The number of amides is 3. The van der Waals surface area contributed by atoms with Crippen LogP contribution in [0.1, 0.15) is 26.6 Å². The molecule has 1 fully saturated rings. The number of carboxylic acids is 1. The average Bonchev–Trinajstić information content (AvgIpc) is 3.55. The second kappa shape index (κ2) is 11.4. The van der Waals surface area contributed by atoms with E-state index in [9.17, 15) is 24.3 Å². The van der Waals surface area contributed by atoms with E-state index in [-0.39, 0.29) is 28.9 Å². The number of hydrogen-bond acceptors (Lipinski definition) is 12. The van der Waals surface area contributed by atoms with Crippen LogP contribution in [0, 0.1) is 0 Å². The average molecular weight is 615 g/mol. The number of fused-ring (bicyclic) bond motifs is 2. The van der Waals surface area contributed by atoms with Gasteiger partial charge in [0.15, 0.2) is 0 Å². The molecule has 2 aliphatic heterocycles. The van der Waals surface area contributed by atoms with Crippen LogP contribution in [-0.2, 0) is 30.5 Å². The molecule has 1 saturated heterocycles. The molecular formula is C25H26N8O7S2. The molecule has 42 heavy (non-hydrogen) atoms. The van der Waals surface area contributed by atoms with Crippen molar-refractivity contribution < 1.29 is 38.4 Å². The highest BCUT2D eigenvalue weighted by molar-refractivity contribution is 8.00. The van der Waals surface area contributed by atoms with E-state index < -0.39 is 40.9 Å². The summed E-state index contributed by atoms with van der Waals surface area (Å²) in [6.45, 7) is 5.35. The lowest BCUT2D eigenvalue weighted by atomic mass is 10.0. The molecule has 0 spiro atoms. The molecule has 2 aliphatic rings. The Morgan fingerprint density at radius 3 is 2.76 bits per heavy atom. The Kier molecular flexibility index (Phi) is 7.87. The molecule has 5 heterocycles. The molecule has 15 nitrogen and oxygen atoms in total. The van der Waals surface area contributed by atoms with Crippen molar-refractivity contribution in [1.82, 2.24) is 24.0 Å². The van der Waals surface area contributed by atoms with Crippen LogP contribution in [0.15, 0.2) is 53.2 Å². The number of hydrogen-bond donors (Lipinski definition) is 2. The van der Waals surface area contributed by atoms with E-state index in [2.05, 4.69) is 25.1 Å². The van der Waals surface area contributed by atoms with E-state index >= 15 is 0 Å². The minimum atomic E-state index is -1.48. The monoisotopic (exact) mass is 614 g/mol. The third-order valence-electron chi connectivity index (χ3n) is 6.10. The summed E-state index contributed by atoms with van der Waals surface area (Å²) in [5, 5.41) is 20.3. The molecule has 0 saturated carbocycles. The number of β-lactam (4-membered cyclic amide) rings is 1. The van der Waals surface area contributed by atoms with Crippen LogP contribution in [0.3, 0.4) is 0 Å². The molecule has 5 rings (SSSR count). The molecule has 3 aromatic rings.